The minimum absolute atomic E-state index is 0.954. The van der Waals surface area contributed by atoms with E-state index in [0.29, 0.717) is 0 Å². The highest BCUT2D eigenvalue weighted by Crippen LogP contribution is 2.20. The average molecular weight is 237 g/mol. The average Bonchev–Trinajstić information content (AvgIpc) is 2.46. The lowest BCUT2D eigenvalue weighted by Gasteiger charge is -2.01. The predicted octanol–water partition coefficient (Wildman–Crippen LogP) is 3.29. The number of rotatable bonds is 1. The Balaban J connectivity index is 2.76. The molecule has 0 saturated heterocycles. The number of hydrogen-bond donors (Lipinski definition) is 0. The Morgan fingerprint density at radius 3 is 3.08 bits per heavy atom. The molecule has 2 rings (SSSR count). The molecule has 2 heterocycles. The van der Waals surface area contributed by atoms with Crippen LogP contribution in [0.15, 0.2) is 35.6 Å². The summed E-state index contributed by atoms with van der Waals surface area (Å²) < 4.78 is 2.97. The van der Waals surface area contributed by atoms with E-state index in [1.807, 2.05) is 29.8 Å². The molecule has 0 aliphatic heterocycles. The summed E-state index contributed by atoms with van der Waals surface area (Å²) in [5, 5.41) is 1.12. The van der Waals surface area contributed by atoms with Gasteiger partial charge in [0.25, 0.3) is 0 Å². The van der Waals surface area contributed by atoms with Crippen molar-refractivity contribution in [3.8, 4) is 0 Å². The van der Waals surface area contributed by atoms with Crippen molar-refractivity contribution in [3.63, 3.8) is 0 Å². The molecular weight excluding hydrogens is 228 g/mol. The van der Waals surface area contributed by atoms with Gasteiger partial charge in [0, 0.05) is 27.9 Å². The first-order valence-corrected chi connectivity index (χ1v) is 4.76. The second-order valence-electron chi connectivity index (χ2n) is 2.99. The first kappa shape index (κ1) is 8.51. The van der Waals surface area contributed by atoms with Crippen LogP contribution in [0.25, 0.3) is 16.7 Å². The number of allylic oxidation sites excluding steroid dienone is 1. The summed E-state index contributed by atoms with van der Waals surface area (Å²) in [4.78, 5) is 4.32. The number of fused-ring (bicyclic) bond motifs is 1. The van der Waals surface area contributed by atoms with Crippen molar-refractivity contribution in [2.24, 2.45) is 0 Å². The minimum atomic E-state index is 0.954. The Kier molecular flexibility index (Phi) is 1.96. The second kappa shape index (κ2) is 3.00. The summed E-state index contributed by atoms with van der Waals surface area (Å²) in [7, 11) is 0. The van der Waals surface area contributed by atoms with Crippen molar-refractivity contribution >= 4 is 32.7 Å². The van der Waals surface area contributed by atoms with Gasteiger partial charge in [-0.05, 0) is 35.0 Å². The molecule has 0 unspecified atom stereocenters. The summed E-state index contributed by atoms with van der Waals surface area (Å²) in [6.07, 6.45) is 3.77. The molecule has 0 aliphatic rings. The van der Waals surface area contributed by atoms with Crippen LogP contribution in [0.3, 0.4) is 0 Å². The van der Waals surface area contributed by atoms with Gasteiger partial charge in [-0.1, -0.05) is 6.58 Å². The first-order valence-electron chi connectivity index (χ1n) is 3.97. The van der Waals surface area contributed by atoms with Crippen LogP contribution in [-0.2, 0) is 0 Å². The van der Waals surface area contributed by atoms with Crippen molar-refractivity contribution in [1.82, 2.24) is 9.55 Å². The van der Waals surface area contributed by atoms with E-state index in [-0.39, 0.29) is 0 Å². The first-order chi connectivity index (χ1) is 6.18. The molecular formula is C10H9BrN2. The van der Waals surface area contributed by atoms with Gasteiger partial charge in [0.1, 0.15) is 5.65 Å². The lowest BCUT2D eigenvalue weighted by atomic mass is 10.3. The number of nitrogens with zero attached hydrogens (tertiary/aromatic N) is 2. The lowest BCUT2D eigenvalue weighted by Crippen LogP contribution is -1.90. The van der Waals surface area contributed by atoms with E-state index in [0.717, 1.165) is 21.2 Å². The van der Waals surface area contributed by atoms with Gasteiger partial charge in [-0.25, -0.2) is 4.98 Å². The van der Waals surface area contributed by atoms with Crippen LogP contribution in [0, 0.1) is 0 Å². The van der Waals surface area contributed by atoms with Crippen LogP contribution in [0.5, 0.6) is 0 Å². The number of pyridine rings is 1. The van der Waals surface area contributed by atoms with Crippen molar-refractivity contribution in [2.45, 2.75) is 6.92 Å². The lowest BCUT2D eigenvalue weighted by molar-refractivity contribution is 1.11. The van der Waals surface area contributed by atoms with Crippen molar-refractivity contribution in [1.29, 1.82) is 0 Å². The van der Waals surface area contributed by atoms with Crippen LogP contribution >= 0.6 is 15.9 Å². The second-order valence-corrected chi connectivity index (χ2v) is 3.90. The molecule has 0 saturated carbocycles. The number of halogens is 1. The van der Waals surface area contributed by atoms with Gasteiger partial charge in [0.05, 0.1) is 0 Å². The molecule has 0 fully saturated rings. The van der Waals surface area contributed by atoms with E-state index >= 15 is 0 Å². The summed E-state index contributed by atoms with van der Waals surface area (Å²) in [6, 6.07) is 4.07. The molecule has 13 heavy (non-hydrogen) atoms. The van der Waals surface area contributed by atoms with Crippen LogP contribution in [0.2, 0.25) is 0 Å². The molecule has 0 N–H and O–H groups in total. The molecule has 0 spiro atoms. The standard InChI is InChI=1S/C10H9BrN2/c1-7(2)13-4-3-8-5-9(11)6-12-10(8)13/h3-6H,1H2,2H3. The van der Waals surface area contributed by atoms with Gasteiger partial charge in [-0.2, -0.15) is 0 Å². The fourth-order valence-corrected chi connectivity index (χ4v) is 1.65. The monoisotopic (exact) mass is 236 g/mol. The maximum Gasteiger partial charge on any atom is 0.144 e. The third-order valence-corrected chi connectivity index (χ3v) is 2.34. The van der Waals surface area contributed by atoms with Crippen molar-refractivity contribution in [3.05, 3.63) is 35.6 Å². The third-order valence-electron chi connectivity index (χ3n) is 1.90. The largest absolute Gasteiger partial charge is 0.306 e. The highest BCUT2D eigenvalue weighted by Gasteiger charge is 2.02. The molecule has 2 aromatic rings. The zero-order chi connectivity index (χ0) is 9.42. The van der Waals surface area contributed by atoms with Crippen molar-refractivity contribution in [2.75, 3.05) is 0 Å². The molecule has 0 bridgehead atoms. The van der Waals surface area contributed by atoms with Crippen LogP contribution in [-0.4, -0.2) is 9.55 Å². The third kappa shape index (κ3) is 1.40. The SMILES string of the molecule is C=C(C)n1ccc2cc(Br)cnc21. The predicted molar refractivity (Wildman–Crippen MR) is 58.4 cm³/mol. The van der Waals surface area contributed by atoms with Crippen LogP contribution < -0.4 is 0 Å². The fraction of sp³-hybridized carbons (Fsp3) is 0.100. The van der Waals surface area contributed by atoms with E-state index in [1.54, 1.807) is 6.20 Å². The summed E-state index contributed by atoms with van der Waals surface area (Å²) >= 11 is 3.38. The Hall–Kier alpha value is -1.09. The van der Waals surface area contributed by atoms with Gasteiger partial charge >= 0.3 is 0 Å². The molecule has 0 radical (unpaired) electrons. The minimum Gasteiger partial charge on any atom is -0.306 e. The number of hydrogen-bond acceptors (Lipinski definition) is 1. The Bertz CT molecular complexity index is 471. The smallest absolute Gasteiger partial charge is 0.144 e. The van der Waals surface area contributed by atoms with Gasteiger partial charge in [0.15, 0.2) is 0 Å². The number of aromatic nitrogens is 2. The topological polar surface area (TPSA) is 17.8 Å². The quantitative estimate of drug-likeness (QED) is 0.744. The van der Waals surface area contributed by atoms with E-state index < -0.39 is 0 Å². The Morgan fingerprint density at radius 2 is 2.38 bits per heavy atom. The van der Waals surface area contributed by atoms with Gasteiger partial charge in [-0.3, -0.25) is 0 Å². The molecule has 0 aromatic carbocycles. The summed E-state index contributed by atoms with van der Waals surface area (Å²) in [5.41, 5.74) is 1.93. The molecule has 3 heteroatoms. The van der Waals surface area contributed by atoms with E-state index in [2.05, 4.69) is 27.5 Å². The summed E-state index contributed by atoms with van der Waals surface area (Å²) in [6.45, 7) is 5.84. The molecule has 66 valence electrons. The van der Waals surface area contributed by atoms with Gasteiger partial charge in [0.2, 0.25) is 0 Å². The van der Waals surface area contributed by atoms with Crippen LogP contribution in [0.1, 0.15) is 6.92 Å². The van der Waals surface area contributed by atoms with Crippen LogP contribution in [0.4, 0.5) is 0 Å². The molecule has 0 aliphatic carbocycles. The molecule has 2 aromatic heterocycles. The van der Waals surface area contributed by atoms with E-state index in [4.69, 9.17) is 0 Å². The summed E-state index contributed by atoms with van der Waals surface area (Å²) in [5.74, 6) is 0. The van der Waals surface area contributed by atoms with Gasteiger partial charge < -0.3 is 4.57 Å². The van der Waals surface area contributed by atoms with E-state index in [9.17, 15) is 0 Å². The zero-order valence-corrected chi connectivity index (χ0v) is 8.87. The Morgan fingerprint density at radius 1 is 1.62 bits per heavy atom. The maximum absolute atomic E-state index is 4.32. The van der Waals surface area contributed by atoms with Crippen molar-refractivity contribution < 1.29 is 0 Å². The zero-order valence-electron chi connectivity index (χ0n) is 7.29. The van der Waals surface area contributed by atoms with E-state index in [1.165, 1.54) is 0 Å². The normalized spacial score (nSPS) is 10.6. The highest BCUT2D eigenvalue weighted by atomic mass is 79.9. The molecule has 0 amide bonds. The maximum atomic E-state index is 4.32. The Labute approximate surface area is 85.0 Å². The molecule has 0 atom stereocenters. The highest BCUT2D eigenvalue weighted by molar-refractivity contribution is 9.10. The molecule has 2 nitrogen and oxygen atoms in total. The van der Waals surface area contributed by atoms with Gasteiger partial charge in [-0.15, -0.1) is 0 Å². The fourth-order valence-electron chi connectivity index (χ4n) is 1.31.